The molecule has 0 saturated carbocycles. The summed E-state index contributed by atoms with van der Waals surface area (Å²) in [5.41, 5.74) is 0.0296. The summed E-state index contributed by atoms with van der Waals surface area (Å²) in [4.78, 5) is 38.2. The lowest BCUT2D eigenvalue weighted by molar-refractivity contribution is -0.152. The number of hydrogen-bond donors (Lipinski definition) is 1. The minimum Gasteiger partial charge on any atom is -0.466 e. The van der Waals surface area contributed by atoms with Crippen molar-refractivity contribution in [3.8, 4) is 0 Å². The molecule has 1 unspecified atom stereocenters. The van der Waals surface area contributed by atoms with Crippen molar-refractivity contribution in [1.82, 2.24) is 9.62 Å². The van der Waals surface area contributed by atoms with Gasteiger partial charge in [0.2, 0.25) is 10.0 Å². The molecular weight excluding hydrogens is 400 g/mol. The molecule has 0 aliphatic carbocycles. The van der Waals surface area contributed by atoms with Crippen LogP contribution in [0.1, 0.15) is 37.0 Å². The molecule has 0 aromatic heterocycles. The Labute approximate surface area is 170 Å². The molecule has 1 aliphatic heterocycles. The van der Waals surface area contributed by atoms with Crippen LogP contribution in [0, 0.1) is 5.92 Å². The second-order valence-electron chi connectivity index (χ2n) is 6.63. The van der Waals surface area contributed by atoms with Gasteiger partial charge < -0.3 is 14.4 Å². The van der Waals surface area contributed by atoms with E-state index in [2.05, 4.69) is 4.72 Å². The topological polar surface area (TPSA) is 119 Å². The van der Waals surface area contributed by atoms with E-state index in [9.17, 15) is 22.8 Å². The summed E-state index contributed by atoms with van der Waals surface area (Å²) in [6.45, 7) is 4.28. The number of rotatable bonds is 7. The van der Waals surface area contributed by atoms with Crippen LogP contribution in [0.4, 0.5) is 0 Å². The van der Waals surface area contributed by atoms with Crippen molar-refractivity contribution in [2.24, 2.45) is 5.92 Å². The summed E-state index contributed by atoms with van der Waals surface area (Å²) in [6.07, 6.45) is -0.0455. The Morgan fingerprint density at radius 1 is 1.24 bits per heavy atom. The Balaban J connectivity index is 1.96. The lowest BCUT2D eigenvalue weighted by Gasteiger charge is -2.32. The molecule has 1 amide bonds. The maximum Gasteiger partial charge on any atom is 0.338 e. The minimum atomic E-state index is -3.70. The van der Waals surface area contributed by atoms with Crippen molar-refractivity contribution < 1.29 is 32.3 Å². The van der Waals surface area contributed by atoms with Gasteiger partial charge in [0.1, 0.15) is 0 Å². The first-order chi connectivity index (χ1) is 13.7. The molecular formula is C19H26N2O7S. The molecule has 10 heteroatoms. The molecule has 0 bridgehead atoms. The number of nitrogens with zero attached hydrogens (tertiary/aromatic N) is 1. The van der Waals surface area contributed by atoms with Gasteiger partial charge in [-0.25, -0.2) is 17.9 Å². The fraction of sp³-hybridized carbons (Fsp3) is 0.526. The number of piperidine rings is 1. The van der Waals surface area contributed by atoms with E-state index >= 15 is 0 Å². The number of amides is 1. The van der Waals surface area contributed by atoms with E-state index < -0.39 is 22.1 Å². The molecule has 1 aliphatic rings. The van der Waals surface area contributed by atoms with Gasteiger partial charge in [0.25, 0.3) is 5.91 Å². The first-order valence-corrected chi connectivity index (χ1v) is 10.9. The van der Waals surface area contributed by atoms with E-state index in [0.29, 0.717) is 32.5 Å². The van der Waals surface area contributed by atoms with Crippen molar-refractivity contribution in [2.75, 3.05) is 26.7 Å². The number of carbonyl (C=O) groups is 3. The Kier molecular flexibility index (Phi) is 7.74. The Morgan fingerprint density at radius 2 is 1.90 bits per heavy atom. The number of benzene rings is 1. The minimum absolute atomic E-state index is 0.0296. The highest BCUT2D eigenvalue weighted by Crippen LogP contribution is 2.20. The second kappa shape index (κ2) is 9.84. The predicted octanol–water partition coefficient (Wildman–Crippen LogP) is 0.942. The lowest BCUT2D eigenvalue weighted by atomic mass is 9.97. The van der Waals surface area contributed by atoms with E-state index in [1.165, 1.54) is 38.2 Å². The van der Waals surface area contributed by atoms with E-state index in [0.717, 1.165) is 0 Å². The van der Waals surface area contributed by atoms with E-state index in [1.54, 1.807) is 11.8 Å². The van der Waals surface area contributed by atoms with Crippen LogP contribution < -0.4 is 4.72 Å². The number of ether oxygens (including phenoxy) is 2. The predicted molar refractivity (Wildman–Crippen MR) is 104 cm³/mol. The van der Waals surface area contributed by atoms with Gasteiger partial charge in [0.15, 0.2) is 6.10 Å². The van der Waals surface area contributed by atoms with Crippen molar-refractivity contribution >= 4 is 27.9 Å². The third-order valence-electron chi connectivity index (χ3n) is 4.71. The summed E-state index contributed by atoms with van der Waals surface area (Å²) >= 11 is 0. The van der Waals surface area contributed by atoms with Crippen LogP contribution in [0.25, 0.3) is 0 Å². The molecule has 1 N–H and O–H groups in total. The van der Waals surface area contributed by atoms with Gasteiger partial charge in [-0.2, -0.15) is 0 Å². The number of esters is 2. The van der Waals surface area contributed by atoms with Crippen LogP contribution >= 0.6 is 0 Å². The summed E-state index contributed by atoms with van der Waals surface area (Å²) in [5, 5.41) is 0. The normalized spacial score (nSPS) is 16.2. The molecule has 0 radical (unpaired) electrons. The molecule has 1 atom stereocenters. The summed E-state index contributed by atoms with van der Waals surface area (Å²) in [6, 6.07) is 5.38. The summed E-state index contributed by atoms with van der Waals surface area (Å²) in [7, 11) is -2.43. The summed E-state index contributed by atoms with van der Waals surface area (Å²) in [5.74, 6) is -1.63. The van der Waals surface area contributed by atoms with E-state index in [1.807, 2.05) is 0 Å². The lowest BCUT2D eigenvalue weighted by Crippen LogP contribution is -2.45. The SMILES string of the molecule is CCOC(=O)C1CCN(C(=O)C(C)OC(=O)c2cccc(S(=O)(=O)NC)c2)CC1. The molecule has 2 rings (SSSR count). The first-order valence-electron chi connectivity index (χ1n) is 9.39. The molecule has 9 nitrogen and oxygen atoms in total. The van der Waals surface area contributed by atoms with Crippen LogP contribution in [0.2, 0.25) is 0 Å². The van der Waals surface area contributed by atoms with Gasteiger partial charge in [-0.05, 0) is 51.9 Å². The molecule has 1 aromatic carbocycles. The number of nitrogens with one attached hydrogen (secondary N) is 1. The van der Waals surface area contributed by atoms with E-state index in [-0.39, 0.29) is 28.3 Å². The highest BCUT2D eigenvalue weighted by molar-refractivity contribution is 7.89. The maximum absolute atomic E-state index is 12.6. The Morgan fingerprint density at radius 3 is 2.48 bits per heavy atom. The fourth-order valence-corrected chi connectivity index (χ4v) is 3.82. The second-order valence-corrected chi connectivity index (χ2v) is 8.52. The highest BCUT2D eigenvalue weighted by atomic mass is 32.2. The third-order valence-corrected chi connectivity index (χ3v) is 6.12. The van der Waals surface area contributed by atoms with Crippen LogP contribution in [0.15, 0.2) is 29.2 Å². The van der Waals surface area contributed by atoms with Gasteiger partial charge in [-0.3, -0.25) is 9.59 Å². The molecule has 29 heavy (non-hydrogen) atoms. The standard InChI is InChI=1S/C19H26N2O7S/c1-4-27-18(23)14-8-10-21(11-9-14)17(22)13(2)28-19(24)15-6-5-7-16(12-15)29(25,26)20-3/h5-7,12-14,20H,4,8-11H2,1-3H3. The molecule has 1 fully saturated rings. The zero-order valence-electron chi connectivity index (χ0n) is 16.7. The molecule has 1 heterocycles. The highest BCUT2D eigenvalue weighted by Gasteiger charge is 2.31. The monoisotopic (exact) mass is 426 g/mol. The number of likely N-dealkylation sites (tertiary alicyclic amines) is 1. The molecule has 160 valence electrons. The quantitative estimate of drug-likeness (QED) is 0.645. The van der Waals surface area contributed by atoms with Gasteiger partial charge >= 0.3 is 11.9 Å². The maximum atomic E-state index is 12.6. The fourth-order valence-electron chi connectivity index (χ4n) is 3.04. The summed E-state index contributed by atoms with van der Waals surface area (Å²) < 4.78 is 36.2. The van der Waals surface area contributed by atoms with Crippen molar-refractivity contribution in [2.45, 2.75) is 37.7 Å². The number of carbonyl (C=O) groups excluding carboxylic acids is 3. The van der Waals surface area contributed by atoms with Crippen LogP contribution in [0.5, 0.6) is 0 Å². The van der Waals surface area contributed by atoms with Gasteiger partial charge in [0, 0.05) is 13.1 Å². The van der Waals surface area contributed by atoms with E-state index in [4.69, 9.17) is 9.47 Å². The average molecular weight is 426 g/mol. The molecule has 1 aromatic rings. The Bertz CT molecular complexity index is 861. The first kappa shape index (κ1) is 22.8. The van der Waals surface area contributed by atoms with Gasteiger partial charge in [-0.15, -0.1) is 0 Å². The largest absolute Gasteiger partial charge is 0.466 e. The average Bonchev–Trinajstić information content (AvgIpc) is 2.73. The molecule has 1 saturated heterocycles. The van der Waals surface area contributed by atoms with Gasteiger partial charge in [0.05, 0.1) is 23.0 Å². The molecule has 0 spiro atoms. The van der Waals surface area contributed by atoms with Crippen LogP contribution in [0.3, 0.4) is 0 Å². The smallest absolute Gasteiger partial charge is 0.338 e. The van der Waals surface area contributed by atoms with Gasteiger partial charge in [-0.1, -0.05) is 6.07 Å². The number of sulfonamides is 1. The van der Waals surface area contributed by atoms with Crippen LogP contribution in [-0.4, -0.2) is 64.0 Å². The zero-order chi connectivity index (χ0) is 21.6. The van der Waals surface area contributed by atoms with Crippen molar-refractivity contribution in [3.05, 3.63) is 29.8 Å². The van der Waals surface area contributed by atoms with Crippen molar-refractivity contribution in [1.29, 1.82) is 0 Å². The number of hydrogen-bond acceptors (Lipinski definition) is 7. The zero-order valence-corrected chi connectivity index (χ0v) is 17.5. The third kappa shape index (κ3) is 5.77. The van der Waals surface area contributed by atoms with Crippen molar-refractivity contribution in [3.63, 3.8) is 0 Å². The van der Waals surface area contributed by atoms with Crippen LogP contribution in [-0.2, 0) is 29.1 Å². The Hall–Kier alpha value is -2.46.